The SMILES string of the molecule is c1cc2c(cn1)CC2. The zero-order valence-corrected chi connectivity index (χ0v) is 4.59. The van der Waals surface area contributed by atoms with Crippen molar-refractivity contribution in [1.82, 2.24) is 4.98 Å². The van der Waals surface area contributed by atoms with Crippen molar-refractivity contribution in [3.8, 4) is 0 Å². The van der Waals surface area contributed by atoms with E-state index in [0.29, 0.717) is 0 Å². The second-order valence-corrected chi connectivity index (χ2v) is 2.14. The number of hydrogen-bond donors (Lipinski definition) is 0. The number of rotatable bonds is 0. The summed E-state index contributed by atoms with van der Waals surface area (Å²) in [4.78, 5) is 4.00. The van der Waals surface area contributed by atoms with Gasteiger partial charge in [0.2, 0.25) is 0 Å². The second-order valence-electron chi connectivity index (χ2n) is 2.14. The Labute approximate surface area is 48.4 Å². The topological polar surface area (TPSA) is 12.9 Å². The monoisotopic (exact) mass is 105 g/mol. The average Bonchev–Trinajstić information content (AvgIpc) is 1.72. The van der Waals surface area contributed by atoms with E-state index >= 15 is 0 Å². The zero-order chi connectivity index (χ0) is 5.40. The van der Waals surface area contributed by atoms with Crippen LogP contribution < -0.4 is 0 Å². The standard InChI is InChI=1S/C7H7N/c1-2-7-5-8-4-3-6(1)7/h3-5H,1-2H2. The van der Waals surface area contributed by atoms with Crippen molar-refractivity contribution in [2.75, 3.05) is 0 Å². The lowest BCUT2D eigenvalue weighted by atomic mass is 9.91. The number of pyridine rings is 1. The lowest BCUT2D eigenvalue weighted by molar-refractivity contribution is 0.826. The number of aromatic nitrogens is 1. The van der Waals surface area contributed by atoms with Crippen LogP contribution in [0.3, 0.4) is 0 Å². The van der Waals surface area contributed by atoms with E-state index in [-0.39, 0.29) is 0 Å². The first-order valence-corrected chi connectivity index (χ1v) is 2.88. The highest BCUT2D eigenvalue weighted by Gasteiger charge is 2.10. The fraction of sp³-hybridized carbons (Fsp3) is 0.286. The van der Waals surface area contributed by atoms with Crippen LogP contribution >= 0.6 is 0 Å². The molecule has 8 heavy (non-hydrogen) atoms. The molecule has 0 aliphatic heterocycles. The number of aryl methyl sites for hydroxylation is 2. The molecule has 0 unspecified atom stereocenters. The Morgan fingerprint density at radius 3 is 2.50 bits per heavy atom. The summed E-state index contributed by atoms with van der Waals surface area (Å²) in [5.74, 6) is 0. The molecule has 1 heterocycles. The lowest BCUT2D eigenvalue weighted by Crippen LogP contribution is -2.07. The summed E-state index contributed by atoms with van der Waals surface area (Å²) >= 11 is 0. The largest absolute Gasteiger partial charge is 0.264 e. The summed E-state index contributed by atoms with van der Waals surface area (Å²) < 4.78 is 0. The molecule has 0 spiro atoms. The fourth-order valence-electron chi connectivity index (χ4n) is 1.02. The van der Waals surface area contributed by atoms with Crippen molar-refractivity contribution in [2.45, 2.75) is 12.8 Å². The summed E-state index contributed by atoms with van der Waals surface area (Å²) in [7, 11) is 0. The highest BCUT2D eigenvalue weighted by atomic mass is 14.6. The van der Waals surface area contributed by atoms with Gasteiger partial charge in [-0.3, -0.25) is 4.98 Å². The maximum atomic E-state index is 4.00. The van der Waals surface area contributed by atoms with Crippen LogP contribution in [0.15, 0.2) is 18.5 Å². The van der Waals surface area contributed by atoms with Crippen LogP contribution in [0, 0.1) is 0 Å². The van der Waals surface area contributed by atoms with Gasteiger partial charge < -0.3 is 0 Å². The van der Waals surface area contributed by atoms with Gasteiger partial charge in [-0.2, -0.15) is 0 Å². The third kappa shape index (κ3) is 0.386. The molecule has 0 atom stereocenters. The van der Waals surface area contributed by atoms with Gasteiger partial charge in [0.1, 0.15) is 0 Å². The molecule has 1 heteroatoms. The van der Waals surface area contributed by atoms with Crippen LogP contribution in [0.25, 0.3) is 0 Å². The minimum Gasteiger partial charge on any atom is -0.264 e. The number of hydrogen-bond acceptors (Lipinski definition) is 1. The fourth-order valence-corrected chi connectivity index (χ4v) is 1.02. The molecule has 1 aliphatic rings. The summed E-state index contributed by atoms with van der Waals surface area (Å²) in [5, 5.41) is 0. The molecule has 1 nitrogen and oxygen atoms in total. The summed E-state index contributed by atoms with van der Waals surface area (Å²) in [5.41, 5.74) is 2.92. The Balaban J connectivity index is 2.62. The van der Waals surface area contributed by atoms with Gasteiger partial charge >= 0.3 is 0 Å². The molecule has 0 saturated heterocycles. The van der Waals surface area contributed by atoms with Gasteiger partial charge in [0.05, 0.1) is 0 Å². The quantitative estimate of drug-likeness (QED) is 0.482. The van der Waals surface area contributed by atoms with Gasteiger partial charge in [0.25, 0.3) is 0 Å². The van der Waals surface area contributed by atoms with Gasteiger partial charge in [-0.15, -0.1) is 0 Å². The van der Waals surface area contributed by atoms with Crippen LogP contribution in [0.4, 0.5) is 0 Å². The van der Waals surface area contributed by atoms with E-state index in [1.165, 1.54) is 24.0 Å². The molecule has 0 saturated carbocycles. The van der Waals surface area contributed by atoms with Crippen molar-refractivity contribution in [1.29, 1.82) is 0 Å². The molecule has 1 aromatic rings. The molecule has 1 aliphatic carbocycles. The van der Waals surface area contributed by atoms with E-state index < -0.39 is 0 Å². The number of nitrogens with zero attached hydrogens (tertiary/aromatic N) is 1. The van der Waals surface area contributed by atoms with Crippen molar-refractivity contribution in [3.63, 3.8) is 0 Å². The Hall–Kier alpha value is -0.850. The minimum atomic E-state index is 1.24. The molecule has 0 bridgehead atoms. The Morgan fingerprint density at radius 1 is 1.25 bits per heavy atom. The van der Waals surface area contributed by atoms with Crippen LogP contribution in [-0.4, -0.2) is 4.98 Å². The molecule has 1 aromatic heterocycles. The molecular weight excluding hydrogens is 98.1 g/mol. The minimum absolute atomic E-state index is 1.24. The van der Waals surface area contributed by atoms with E-state index in [1.807, 2.05) is 12.4 Å². The van der Waals surface area contributed by atoms with Gasteiger partial charge in [0.15, 0.2) is 0 Å². The number of fused-ring (bicyclic) bond motifs is 1. The third-order valence-corrected chi connectivity index (χ3v) is 1.67. The molecule has 40 valence electrons. The van der Waals surface area contributed by atoms with E-state index in [9.17, 15) is 0 Å². The summed E-state index contributed by atoms with van der Waals surface area (Å²) in [6.07, 6.45) is 6.32. The molecule has 0 radical (unpaired) electrons. The first-order valence-electron chi connectivity index (χ1n) is 2.88. The van der Waals surface area contributed by atoms with Crippen LogP contribution in [0.2, 0.25) is 0 Å². The van der Waals surface area contributed by atoms with Crippen molar-refractivity contribution in [3.05, 3.63) is 29.6 Å². The Morgan fingerprint density at radius 2 is 2.12 bits per heavy atom. The van der Waals surface area contributed by atoms with E-state index in [4.69, 9.17) is 0 Å². The van der Waals surface area contributed by atoms with E-state index in [0.717, 1.165) is 0 Å². The maximum absolute atomic E-state index is 4.00. The van der Waals surface area contributed by atoms with Gasteiger partial charge in [0, 0.05) is 12.4 Å². The average molecular weight is 105 g/mol. The molecule has 0 fully saturated rings. The predicted molar refractivity (Wildman–Crippen MR) is 31.6 cm³/mol. The van der Waals surface area contributed by atoms with E-state index in [1.54, 1.807) is 0 Å². The lowest BCUT2D eigenvalue weighted by Gasteiger charge is -2.15. The first-order chi connectivity index (χ1) is 3.97. The first kappa shape index (κ1) is 4.07. The molecule has 0 N–H and O–H groups in total. The van der Waals surface area contributed by atoms with E-state index in [2.05, 4.69) is 11.1 Å². The Bertz CT molecular complexity index is 182. The summed E-state index contributed by atoms with van der Waals surface area (Å²) in [6, 6.07) is 2.10. The second kappa shape index (κ2) is 1.31. The zero-order valence-electron chi connectivity index (χ0n) is 4.59. The van der Waals surface area contributed by atoms with Gasteiger partial charge in [-0.25, -0.2) is 0 Å². The summed E-state index contributed by atoms with van der Waals surface area (Å²) in [6.45, 7) is 0. The van der Waals surface area contributed by atoms with Crippen LogP contribution in [-0.2, 0) is 12.8 Å². The predicted octanol–water partition coefficient (Wildman–Crippen LogP) is 1.18. The van der Waals surface area contributed by atoms with Gasteiger partial charge in [-0.1, -0.05) is 0 Å². The molecule has 0 aromatic carbocycles. The normalized spacial score (nSPS) is 14.5. The van der Waals surface area contributed by atoms with Crippen molar-refractivity contribution in [2.24, 2.45) is 0 Å². The van der Waals surface area contributed by atoms with Crippen molar-refractivity contribution >= 4 is 0 Å². The smallest absolute Gasteiger partial charge is 0.0302 e. The van der Waals surface area contributed by atoms with Gasteiger partial charge in [-0.05, 0) is 30.0 Å². The highest BCUT2D eigenvalue weighted by Crippen LogP contribution is 2.19. The highest BCUT2D eigenvalue weighted by molar-refractivity contribution is 5.31. The molecular formula is C7H7N. The maximum Gasteiger partial charge on any atom is 0.0302 e. The van der Waals surface area contributed by atoms with Crippen molar-refractivity contribution < 1.29 is 0 Å². The Kier molecular flexibility index (Phi) is 0.668. The molecule has 2 rings (SSSR count). The van der Waals surface area contributed by atoms with Crippen LogP contribution in [0.1, 0.15) is 11.1 Å². The molecule has 0 amide bonds. The third-order valence-electron chi connectivity index (χ3n) is 1.67. The van der Waals surface area contributed by atoms with Crippen LogP contribution in [0.5, 0.6) is 0 Å².